The summed E-state index contributed by atoms with van der Waals surface area (Å²) in [6.07, 6.45) is 4.09. The Balaban J connectivity index is 2.13. The quantitative estimate of drug-likeness (QED) is 0.682. The molecule has 116 valence electrons. The van der Waals surface area contributed by atoms with Crippen molar-refractivity contribution in [1.29, 1.82) is 0 Å². The highest BCUT2D eigenvalue weighted by atomic mass is 16.6. The molecule has 0 bridgehead atoms. The summed E-state index contributed by atoms with van der Waals surface area (Å²) in [6, 6.07) is -0.408. The first-order chi connectivity index (χ1) is 9.26. The van der Waals surface area contributed by atoms with E-state index in [-0.39, 0.29) is 0 Å². The normalized spacial score (nSPS) is 22.8. The maximum absolute atomic E-state index is 11.5. The second-order valence-electron chi connectivity index (χ2n) is 6.59. The van der Waals surface area contributed by atoms with E-state index in [1.165, 1.54) is 12.8 Å². The molecular weight excluding hydrogens is 258 g/mol. The highest BCUT2D eigenvalue weighted by Crippen LogP contribution is 2.27. The number of nitrogens with one attached hydrogen (secondary N) is 3. The van der Waals surface area contributed by atoms with E-state index in [4.69, 9.17) is 4.74 Å². The van der Waals surface area contributed by atoms with E-state index < -0.39 is 17.7 Å². The second-order valence-corrected chi connectivity index (χ2v) is 6.59. The SMILES string of the molecule is CC1CCC(CNC(=O)NNC(=O)OC(C)(C)C)CC1. The van der Waals surface area contributed by atoms with Gasteiger partial charge in [0.25, 0.3) is 0 Å². The predicted molar refractivity (Wildman–Crippen MR) is 77.0 cm³/mol. The fourth-order valence-corrected chi connectivity index (χ4v) is 2.23. The van der Waals surface area contributed by atoms with Crippen LogP contribution in [0.25, 0.3) is 0 Å². The van der Waals surface area contributed by atoms with Crippen molar-refractivity contribution < 1.29 is 14.3 Å². The molecule has 0 aromatic rings. The van der Waals surface area contributed by atoms with E-state index in [1.807, 2.05) is 0 Å². The summed E-state index contributed by atoms with van der Waals surface area (Å²) in [7, 11) is 0. The Labute approximate surface area is 121 Å². The van der Waals surface area contributed by atoms with Crippen LogP contribution in [0, 0.1) is 11.8 Å². The van der Waals surface area contributed by atoms with Crippen molar-refractivity contribution in [2.75, 3.05) is 6.54 Å². The van der Waals surface area contributed by atoms with Gasteiger partial charge in [0.15, 0.2) is 0 Å². The highest BCUT2D eigenvalue weighted by molar-refractivity contribution is 5.77. The van der Waals surface area contributed by atoms with Crippen LogP contribution in [0.5, 0.6) is 0 Å². The Morgan fingerprint density at radius 3 is 2.25 bits per heavy atom. The molecule has 0 radical (unpaired) electrons. The van der Waals surface area contributed by atoms with Gasteiger partial charge in [-0.15, -0.1) is 0 Å². The van der Waals surface area contributed by atoms with Gasteiger partial charge in [-0.05, 0) is 45.4 Å². The number of hydrogen-bond acceptors (Lipinski definition) is 3. The molecule has 6 heteroatoms. The average Bonchev–Trinajstić information content (AvgIpc) is 2.33. The molecule has 0 aliphatic heterocycles. The lowest BCUT2D eigenvalue weighted by Crippen LogP contribution is -2.49. The predicted octanol–water partition coefficient (Wildman–Crippen LogP) is 2.55. The minimum Gasteiger partial charge on any atom is -0.443 e. The fourth-order valence-electron chi connectivity index (χ4n) is 2.23. The Morgan fingerprint density at radius 2 is 1.70 bits per heavy atom. The van der Waals surface area contributed by atoms with Gasteiger partial charge in [0.2, 0.25) is 0 Å². The first-order valence-electron chi connectivity index (χ1n) is 7.29. The summed E-state index contributed by atoms with van der Waals surface area (Å²) in [6.45, 7) is 8.19. The van der Waals surface area contributed by atoms with Crippen LogP contribution in [0.15, 0.2) is 0 Å². The third kappa shape index (κ3) is 7.21. The van der Waals surface area contributed by atoms with Crippen molar-refractivity contribution in [2.45, 2.75) is 59.0 Å². The van der Waals surface area contributed by atoms with Gasteiger partial charge in [0.1, 0.15) is 5.60 Å². The number of ether oxygens (including phenoxy) is 1. The Hall–Kier alpha value is -1.46. The monoisotopic (exact) mass is 285 g/mol. The van der Waals surface area contributed by atoms with Gasteiger partial charge in [0, 0.05) is 6.54 Å². The van der Waals surface area contributed by atoms with E-state index in [1.54, 1.807) is 20.8 Å². The van der Waals surface area contributed by atoms with Gasteiger partial charge in [-0.3, -0.25) is 0 Å². The molecule has 20 heavy (non-hydrogen) atoms. The smallest absolute Gasteiger partial charge is 0.426 e. The molecule has 1 rings (SSSR count). The summed E-state index contributed by atoms with van der Waals surface area (Å²) >= 11 is 0. The van der Waals surface area contributed by atoms with E-state index >= 15 is 0 Å². The van der Waals surface area contributed by atoms with Crippen molar-refractivity contribution >= 4 is 12.1 Å². The third-order valence-electron chi connectivity index (χ3n) is 3.36. The molecule has 1 saturated carbocycles. The van der Waals surface area contributed by atoms with E-state index in [2.05, 4.69) is 23.1 Å². The van der Waals surface area contributed by atoms with Gasteiger partial charge < -0.3 is 10.1 Å². The molecule has 0 saturated heterocycles. The lowest BCUT2D eigenvalue weighted by atomic mass is 9.83. The number of carbonyl (C=O) groups excluding carboxylic acids is 2. The van der Waals surface area contributed by atoms with Gasteiger partial charge in [-0.1, -0.05) is 19.8 Å². The summed E-state index contributed by atoms with van der Waals surface area (Å²) < 4.78 is 5.00. The lowest BCUT2D eigenvalue weighted by molar-refractivity contribution is 0.0504. The zero-order chi connectivity index (χ0) is 15.2. The minimum absolute atomic E-state index is 0.408. The van der Waals surface area contributed by atoms with Crippen LogP contribution in [-0.4, -0.2) is 24.3 Å². The molecule has 0 unspecified atom stereocenters. The van der Waals surface area contributed by atoms with Gasteiger partial charge in [-0.2, -0.15) is 0 Å². The van der Waals surface area contributed by atoms with Crippen molar-refractivity contribution in [3.05, 3.63) is 0 Å². The average molecular weight is 285 g/mol. The highest BCUT2D eigenvalue weighted by Gasteiger charge is 2.19. The molecule has 0 spiro atoms. The number of hydrogen-bond donors (Lipinski definition) is 3. The Bertz CT molecular complexity index is 331. The zero-order valence-electron chi connectivity index (χ0n) is 12.9. The summed E-state index contributed by atoms with van der Waals surface area (Å²) in [5.41, 5.74) is 3.91. The molecule has 0 atom stereocenters. The lowest BCUT2D eigenvalue weighted by Gasteiger charge is -2.26. The standard InChI is InChI=1S/C14H27N3O3/c1-10-5-7-11(8-6-10)9-15-12(18)16-17-13(19)20-14(2,3)4/h10-11H,5-9H2,1-4H3,(H,17,19)(H2,15,16,18). The molecule has 3 N–H and O–H groups in total. The molecule has 6 nitrogen and oxygen atoms in total. The second kappa shape index (κ2) is 7.36. The third-order valence-corrected chi connectivity index (χ3v) is 3.36. The maximum Gasteiger partial charge on any atom is 0.426 e. The van der Waals surface area contributed by atoms with E-state index in [0.717, 1.165) is 18.8 Å². The molecule has 0 aromatic heterocycles. The Kier molecular flexibility index (Phi) is 6.10. The molecular formula is C14H27N3O3. The number of carbonyl (C=O) groups is 2. The van der Waals surface area contributed by atoms with Crippen LogP contribution < -0.4 is 16.2 Å². The van der Waals surface area contributed by atoms with Crippen molar-refractivity contribution in [1.82, 2.24) is 16.2 Å². The largest absolute Gasteiger partial charge is 0.443 e. The zero-order valence-corrected chi connectivity index (χ0v) is 12.9. The summed E-state index contributed by atoms with van der Waals surface area (Å²) in [5.74, 6) is 1.34. The number of amides is 3. The van der Waals surface area contributed by atoms with Crippen LogP contribution in [0.2, 0.25) is 0 Å². The van der Waals surface area contributed by atoms with Gasteiger partial charge >= 0.3 is 12.1 Å². The number of rotatable bonds is 2. The first kappa shape index (κ1) is 16.6. The molecule has 1 fully saturated rings. The Morgan fingerprint density at radius 1 is 1.10 bits per heavy atom. The summed E-state index contributed by atoms with van der Waals surface area (Å²) in [5, 5.41) is 2.77. The maximum atomic E-state index is 11.5. The molecule has 0 heterocycles. The van der Waals surface area contributed by atoms with E-state index in [9.17, 15) is 9.59 Å². The summed E-state index contributed by atoms with van der Waals surface area (Å²) in [4.78, 5) is 22.9. The fraction of sp³-hybridized carbons (Fsp3) is 0.857. The van der Waals surface area contributed by atoms with Crippen molar-refractivity contribution in [2.24, 2.45) is 11.8 Å². The molecule has 0 aromatic carbocycles. The van der Waals surface area contributed by atoms with Crippen LogP contribution in [0.4, 0.5) is 9.59 Å². The van der Waals surface area contributed by atoms with Crippen molar-refractivity contribution in [3.63, 3.8) is 0 Å². The molecule has 1 aliphatic carbocycles. The molecule has 1 aliphatic rings. The van der Waals surface area contributed by atoms with Crippen LogP contribution >= 0.6 is 0 Å². The number of urea groups is 1. The number of hydrazine groups is 1. The van der Waals surface area contributed by atoms with Gasteiger partial charge in [0.05, 0.1) is 0 Å². The van der Waals surface area contributed by atoms with E-state index in [0.29, 0.717) is 12.5 Å². The van der Waals surface area contributed by atoms with Crippen LogP contribution in [0.1, 0.15) is 53.4 Å². The van der Waals surface area contributed by atoms with Crippen LogP contribution in [0.3, 0.4) is 0 Å². The first-order valence-corrected chi connectivity index (χ1v) is 7.29. The minimum atomic E-state index is -0.667. The van der Waals surface area contributed by atoms with Gasteiger partial charge in [-0.25, -0.2) is 20.4 Å². The van der Waals surface area contributed by atoms with Crippen LogP contribution in [-0.2, 0) is 4.74 Å². The molecule has 3 amide bonds. The van der Waals surface area contributed by atoms with Crippen molar-refractivity contribution in [3.8, 4) is 0 Å². The topological polar surface area (TPSA) is 79.5 Å².